The fourth-order valence-corrected chi connectivity index (χ4v) is 2.89. The molecule has 0 aliphatic heterocycles. The third-order valence-corrected chi connectivity index (χ3v) is 4.25. The van der Waals surface area contributed by atoms with Crippen LogP contribution in [0, 0.1) is 23.0 Å². The van der Waals surface area contributed by atoms with Crippen molar-refractivity contribution in [2.45, 2.75) is 19.4 Å². The molecule has 0 bridgehead atoms. The van der Waals surface area contributed by atoms with E-state index in [1.807, 2.05) is 6.07 Å². The van der Waals surface area contributed by atoms with Gasteiger partial charge in [0, 0.05) is 12.1 Å². The lowest BCUT2D eigenvalue weighted by Crippen LogP contribution is -2.29. The van der Waals surface area contributed by atoms with Crippen molar-refractivity contribution < 1.29 is 13.5 Å². The summed E-state index contributed by atoms with van der Waals surface area (Å²) >= 11 is 5.76. The molecule has 2 aromatic carbocycles. The number of rotatable bonds is 4. The number of halogens is 3. The van der Waals surface area contributed by atoms with Crippen molar-refractivity contribution in [1.82, 2.24) is 14.8 Å². The Balaban J connectivity index is 1.97. The van der Waals surface area contributed by atoms with E-state index in [1.165, 1.54) is 24.3 Å². The minimum atomic E-state index is -1.06. The van der Waals surface area contributed by atoms with E-state index in [1.54, 1.807) is 25.5 Å². The van der Waals surface area contributed by atoms with Crippen LogP contribution in [0.4, 0.5) is 8.78 Å². The third-order valence-electron chi connectivity index (χ3n) is 4.01. The van der Waals surface area contributed by atoms with Crippen LogP contribution in [0.15, 0.2) is 36.4 Å². The number of hydrogen-bond acceptors (Lipinski definition) is 4. The zero-order valence-electron chi connectivity index (χ0n) is 14.8. The van der Waals surface area contributed by atoms with Crippen molar-refractivity contribution in [3.63, 3.8) is 0 Å². The van der Waals surface area contributed by atoms with Crippen LogP contribution in [-0.2, 0) is 12.6 Å². The number of nitrogens with zero attached hydrogens (tertiary/aromatic N) is 4. The zero-order chi connectivity index (χ0) is 19.8. The molecule has 0 saturated carbocycles. The van der Waals surface area contributed by atoms with Gasteiger partial charge in [0.1, 0.15) is 5.82 Å². The number of hydrogen-bond donors (Lipinski definition) is 0. The van der Waals surface area contributed by atoms with Crippen LogP contribution in [0.25, 0.3) is 11.4 Å². The Morgan fingerprint density at radius 2 is 1.85 bits per heavy atom. The summed E-state index contributed by atoms with van der Waals surface area (Å²) in [6.45, 7) is 3.40. The van der Waals surface area contributed by atoms with E-state index in [0.29, 0.717) is 5.82 Å². The summed E-state index contributed by atoms with van der Waals surface area (Å²) in [7, 11) is 1.66. The Hall–Kier alpha value is -2.98. The Bertz CT molecular complexity index is 1060. The van der Waals surface area contributed by atoms with Crippen LogP contribution in [0.5, 0.6) is 5.75 Å². The molecule has 0 amide bonds. The predicted octanol–water partition coefficient (Wildman–Crippen LogP) is 4.60. The molecular weight excluding hydrogens is 374 g/mol. The van der Waals surface area contributed by atoms with Crippen LogP contribution in [0.1, 0.15) is 25.2 Å². The predicted molar refractivity (Wildman–Crippen MR) is 96.2 cm³/mol. The summed E-state index contributed by atoms with van der Waals surface area (Å²) in [6.07, 6.45) is 0. The van der Waals surface area contributed by atoms with Crippen LogP contribution in [0.3, 0.4) is 0 Å². The summed E-state index contributed by atoms with van der Waals surface area (Å²) in [4.78, 5) is 0. The molecule has 0 spiro atoms. The van der Waals surface area contributed by atoms with Gasteiger partial charge in [-0.1, -0.05) is 11.6 Å². The minimum absolute atomic E-state index is 0.0125. The van der Waals surface area contributed by atoms with Gasteiger partial charge >= 0.3 is 0 Å². The normalized spacial score (nSPS) is 11.3. The largest absolute Gasteiger partial charge is 0.477 e. The van der Waals surface area contributed by atoms with E-state index in [0.717, 1.165) is 12.1 Å². The summed E-state index contributed by atoms with van der Waals surface area (Å²) < 4.78 is 35.7. The highest BCUT2D eigenvalue weighted by Crippen LogP contribution is 2.31. The van der Waals surface area contributed by atoms with Crippen LogP contribution >= 0.6 is 11.6 Å². The molecule has 1 heterocycles. The molecule has 3 aromatic rings. The fourth-order valence-electron chi connectivity index (χ4n) is 2.73. The highest BCUT2D eigenvalue weighted by atomic mass is 35.5. The smallest absolute Gasteiger partial charge is 0.176 e. The van der Waals surface area contributed by atoms with Gasteiger partial charge in [-0.25, -0.2) is 8.78 Å². The summed E-state index contributed by atoms with van der Waals surface area (Å²) in [5.41, 5.74) is -0.651. The van der Waals surface area contributed by atoms with Gasteiger partial charge in [-0.05, 0) is 50.2 Å². The van der Waals surface area contributed by atoms with Crippen LogP contribution in [-0.4, -0.2) is 14.8 Å². The average Bonchev–Trinajstić information content (AvgIpc) is 2.99. The summed E-state index contributed by atoms with van der Waals surface area (Å²) in [6, 6.07) is 10.1. The van der Waals surface area contributed by atoms with E-state index in [2.05, 4.69) is 10.2 Å². The molecule has 0 fully saturated rings. The lowest BCUT2D eigenvalue weighted by molar-refractivity contribution is 0.0894. The van der Waals surface area contributed by atoms with Crippen molar-refractivity contribution in [1.29, 1.82) is 5.26 Å². The van der Waals surface area contributed by atoms with E-state index in [9.17, 15) is 8.78 Å². The molecule has 0 saturated heterocycles. The van der Waals surface area contributed by atoms with Crippen molar-refractivity contribution in [2.75, 3.05) is 0 Å². The van der Waals surface area contributed by atoms with Crippen LogP contribution < -0.4 is 4.74 Å². The van der Waals surface area contributed by atoms with Gasteiger partial charge in [0.05, 0.1) is 17.2 Å². The minimum Gasteiger partial charge on any atom is -0.477 e. The third kappa shape index (κ3) is 3.62. The molecule has 5 nitrogen and oxygen atoms in total. The van der Waals surface area contributed by atoms with Gasteiger partial charge in [-0.3, -0.25) is 0 Å². The van der Waals surface area contributed by atoms with Gasteiger partial charge in [0.15, 0.2) is 28.8 Å². The fraction of sp³-hybridized carbons (Fsp3) is 0.211. The van der Waals surface area contributed by atoms with E-state index in [-0.39, 0.29) is 27.7 Å². The van der Waals surface area contributed by atoms with Gasteiger partial charge in [0.25, 0.3) is 0 Å². The summed E-state index contributed by atoms with van der Waals surface area (Å²) in [5, 5.41) is 17.3. The Kier molecular flexibility index (Phi) is 4.85. The van der Waals surface area contributed by atoms with Gasteiger partial charge in [0.2, 0.25) is 0 Å². The molecule has 138 valence electrons. The zero-order valence-corrected chi connectivity index (χ0v) is 15.6. The second-order valence-corrected chi connectivity index (χ2v) is 6.84. The van der Waals surface area contributed by atoms with Crippen molar-refractivity contribution >= 4 is 11.6 Å². The lowest BCUT2D eigenvalue weighted by atomic mass is 10.1. The van der Waals surface area contributed by atoms with Crippen molar-refractivity contribution in [2.24, 2.45) is 7.05 Å². The van der Waals surface area contributed by atoms with E-state index in [4.69, 9.17) is 21.6 Å². The first-order chi connectivity index (χ1) is 12.7. The Morgan fingerprint density at radius 1 is 1.11 bits per heavy atom. The number of aromatic nitrogens is 3. The number of benzene rings is 2. The lowest BCUT2D eigenvalue weighted by Gasteiger charge is -2.25. The van der Waals surface area contributed by atoms with Crippen LogP contribution in [0.2, 0.25) is 5.02 Å². The monoisotopic (exact) mass is 388 g/mol. The quantitative estimate of drug-likeness (QED) is 0.655. The highest BCUT2D eigenvalue weighted by Gasteiger charge is 2.31. The molecular formula is C19H15ClF2N4O. The average molecular weight is 389 g/mol. The Morgan fingerprint density at radius 3 is 2.48 bits per heavy atom. The van der Waals surface area contributed by atoms with E-state index < -0.39 is 17.2 Å². The first-order valence-corrected chi connectivity index (χ1v) is 8.34. The maximum Gasteiger partial charge on any atom is 0.176 e. The first-order valence-electron chi connectivity index (χ1n) is 7.97. The molecule has 0 aliphatic carbocycles. The summed E-state index contributed by atoms with van der Waals surface area (Å²) in [5.74, 6) is -0.538. The number of nitriles is 1. The molecule has 27 heavy (non-hydrogen) atoms. The topological polar surface area (TPSA) is 63.7 Å². The van der Waals surface area contributed by atoms with Gasteiger partial charge < -0.3 is 9.30 Å². The van der Waals surface area contributed by atoms with Crippen molar-refractivity contribution in [3.05, 3.63) is 64.4 Å². The number of ether oxygens (including phenoxy) is 1. The van der Waals surface area contributed by atoms with Crippen molar-refractivity contribution in [3.8, 4) is 23.2 Å². The molecule has 0 aliphatic rings. The highest BCUT2D eigenvalue weighted by molar-refractivity contribution is 6.30. The molecule has 0 unspecified atom stereocenters. The van der Waals surface area contributed by atoms with E-state index >= 15 is 0 Å². The molecule has 8 heteroatoms. The maximum atomic E-state index is 14.3. The molecule has 0 N–H and O–H groups in total. The van der Waals surface area contributed by atoms with Gasteiger partial charge in [-0.2, -0.15) is 5.26 Å². The second-order valence-electron chi connectivity index (χ2n) is 6.40. The Labute approximate surface area is 159 Å². The second kappa shape index (κ2) is 6.97. The van der Waals surface area contributed by atoms with Gasteiger partial charge in [-0.15, -0.1) is 10.2 Å². The first kappa shape index (κ1) is 18.8. The maximum absolute atomic E-state index is 14.3. The molecule has 3 rings (SSSR count). The molecule has 0 radical (unpaired) electrons. The standard InChI is InChI=1S/C19H15ClF2N4O/c1-19(2,27-16-7-5-12(20)9-15(16)22)18-25-24-17(26(18)3)13-6-4-11(10-23)8-14(13)21/h4-9H,1-3H3. The SMILES string of the molecule is Cn1c(-c2ccc(C#N)cc2F)nnc1C(C)(C)Oc1ccc(Cl)cc1F. The molecule has 1 aromatic heterocycles. The molecule has 0 atom stereocenters.